The van der Waals surface area contributed by atoms with E-state index >= 15 is 0 Å². The molecule has 2 aromatic carbocycles. The van der Waals surface area contributed by atoms with Crippen LogP contribution in [0, 0.1) is 10.1 Å². The lowest BCUT2D eigenvalue weighted by molar-refractivity contribution is -0.385. The Morgan fingerprint density at radius 1 is 1.23 bits per heavy atom. The Hall–Kier alpha value is -2.93. The molecule has 2 aromatic rings. The van der Waals surface area contributed by atoms with Gasteiger partial charge in [0.25, 0.3) is 5.91 Å². The number of carbonyl (C=O) groups excluding carboxylic acids is 1. The normalized spacial score (nSPS) is 16.6. The molecular weight excluding hydrogens is 394 g/mol. The average molecular weight is 426 g/mol. The van der Waals surface area contributed by atoms with Gasteiger partial charge >= 0.3 is 5.69 Å². The smallest absolute Gasteiger partial charge is 0.311 e. The zero-order chi connectivity index (χ0) is 22.2. The topological polar surface area (TPSA) is 75.9 Å². The summed E-state index contributed by atoms with van der Waals surface area (Å²) < 4.78 is 5.35. The van der Waals surface area contributed by atoms with Crippen molar-refractivity contribution in [3.63, 3.8) is 0 Å². The van der Waals surface area contributed by atoms with Crippen LogP contribution in [0.4, 0.5) is 5.69 Å². The van der Waals surface area contributed by atoms with Crippen LogP contribution in [-0.2, 0) is 6.54 Å². The molecule has 1 unspecified atom stereocenters. The Morgan fingerprint density at radius 2 is 2.00 bits per heavy atom. The van der Waals surface area contributed by atoms with E-state index in [-0.39, 0.29) is 23.4 Å². The molecule has 0 saturated carbocycles. The third-order valence-electron chi connectivity index (χ3n) is 5.60. The van der Waals surface area contributed by atoms with Crippen molar-refractivity contribution in [3.8, 4) is 5.75 Å². The molecular formula is C24H31N3O4. The van der Waals surface area contributed by atoms with Crippen molar-refractivity contribution in [3.05, 3.63) is 69.8 Å². The SMILES string of the molecule is CCCN(C(=O)c1ccc(OCC)c([N+](=O)[O-])c1)C1CCCN(Cc2ccccc2)C1. The molecule has 0 aromatic heterocycles. The lowest BCUT2D eigenvalue weighted by Crippen LogP contribution is -2.50. The lowest BCUT2D eigenvalue weighted by Gasteiger charge is -2.39. The van der Waals surface area contributed by atoms with Crippen LogP contribution in [0.3, 0.4) is 0 Å². The van der Waals surface area contributed by atoms with Crippen LogP contribution in [0.5, 0.6) is 5.75 Å². The summed E-state index contributed by atoms with van der Waals surface area (Å²) >= 11 is 0. The number of ether oxygens (including phenoxy) is 1. The summed E-state index contributed by atoms with van der Waals surface area (Å²) in [5, 5.41) is 11.5. The van der Waals surface area contributed by atoms with Gasteiger partial charge in [-0.2, -0.15) is 0 Å². The van der Waals surface area contributed by atoms with Crippen molar-refractivity contribution in [2.24, 2.45) is 0 Å². The van der Waals surface area contributed by atoms with Crippen molar-refractivity contribution in [1.29, 1.82) is 0 Å². The van der Waals surface area contributed by atoms with Gasteiger partial charge < -0.3 is 9.64 Å². The van der Waals surface area contributed by atoms with Crippen molar-refractivity contribution >= 4 is 11.6 Å². The quantitative estimate of drug-likeness (QED) is 0.436. The summed E-state index contributed by atoms with van der Waals surface area (Å²) in [5.74, 6) is 0.0392. The van der Waals surface area contributed by atoms with E-state index in [9.17, 15) is 14.9 Å². The first kappa shape index (κ1) is 22.7. The number of hydrogen-bond donors (Lipinski definition) is 0. The highest BCUT2D eigenvalue weighted by Gasteiger charge is 2.30. The second kappa shape index (κ2) is 10.9. The first-order chi connectivity index (χ1) is 15.0. The predicted octanol–water partition coefficient (Wildman–Crippen LogP) is 4.51. The summed E-state index contributed by atoms with van der Waals surface area (Å²) in [5.41, 5.74) is 1.43. The van der Waals surface area contributed by atoms with Crippen LogP contribution in [-0.4, -0.2) is 52.9 Å². The molecule has 0 aliphatic carbocycles. The number of nitrogens with zero attached hydrogens (tertiary/aromatic N) is 3. The minimum absolute atomic E-state index is 0.0931. The summed E-state index contributed by atoms with van der Waals surface area (Å²) in [6, 6.07) is 15.0. The minimum Gasteiger partial charge on any atom is -0.487 e. The van der Waals surface area contributed by atoms with Crippen LogP contribution in [0.15, 0.2) is 48.5 Å². The molecule has 0 N–H and O–H groups in total. The number of amides is 1. The molecule has 0 spiro atoms. The molecule has 1 saturated heterocycles. The molecule has 1 amide bonds. The Balaban J connectivity index is 1.78. The highest BCUT2D eigenvalue weighted by molar-refractivity contribution is 5.95. The second-order valence-electron chi connectivity index (χ2n) is 7.89. The van der Waals surface area contributed by atoms with Gasteiger partial charge in [0.15, 0.2) is 5.75 Å². The Bertz CT molecular complexity index is 888. The van der Waals surface area contributed by atoms with Crippen LogP contribution >= 0.6 is 0 Å². The zero-order valence-electron chi connectivity index (χ0n) is 18.3. The predicted molar refractivity (Wildman–Crippen MR) is 120 cm³/mol. The fourth-order valence-corrected chi connectivity index (χ4v) is 4.20. The van der Waals surface area contributed by atoms with E-state index in [0.29, 0.717) is 18.7 Å². The van der Waals surface area contributed by atoms with Crippen molar-refractivity contribution < 1.29 is 14.5 Å². The molecule has 1 aliphatic rings. The molecule has 7 nitrogen and oxygen atoms in total. The number of rotatable bonds is 9. The van der Waals surface area contributed by atoms with Gasteiger partial charge in [-0.05, 0) is 50.4 Å². The fourth-order valence-electron chi connectivity index (χ4n) is 4.20. The van der Waals surface area contributed by atoms with E-state index in [1.54, 1.807) is 13.0 Å². The lowest BCUT2D eigenvalue weighted by atomic mass is 10.0. The minimum atomic E-state index is -0.492. The number of hydrogen-bond acceptors (Lipinski definition) is 5. The van der Waals surface area contributed by atoms with Crippen LogP contribution in [0.25, 0.3) is 0 Å². The third-order valence-corrected chi connectivity index (χ3v) is 5.60. The van der Waals surface area contributed by atoms with Gasteiger partial charge in [-0.3, -0.25) is 19.8 Å². The summed E-state index contributed by atoms with van der Waals surface area (Å²) in [7, 11) is 0. The first-order valence-electron chi connectivity index (χ1n) is 11.0. The van der Waals surface area contributed by atoms with E-state index in [4.69, 9.17) is 4.74 Å². The Morgan fingerprint density at radius 3 is 2.68 bits per heavy atom. The molecule has 1 fully saturated rings. The van der Waals surface area contributed by atoms with Gasteiger partial charge in [-0.15, -0.1) is 0 Å². The van der Waals surface area contributed by atoms with E-state index in [1.165, 1.54) is 17.7 Å². The maximum atomic E-state index is 13.4. The van der Waals surface area contributed by atoms with Crippen LogP contribution < -0.4 is 4.74 Å². The first-order valence-corrected chi connectivity index (χ1v) is 11.0. The summed E-state index contributed by atoms with van der Waals surface area (Å²) in [6.07, 6.45) is 2.80. The molecule has 0 radical (unpaired) electrons. The Labute approximate surface area is 183 Å². The maximum Gasteiger partial charge on any atom is 0.311 e. The van der Waals surface area contributed by atoms with Crippen molar-refractivity contribution in [2.75, 3.05) is 26.2 Å². The number of carbonyl (C=O) groups is 1. The maximum absolute atomic E-state index is 13.4. The molecule has 7 heteroatoms. The van der Waals surface area contributed by atoms with Gasteiger partial charge in [-0.1, -0.05) is 37.3 Å². The van der Waals surface area contributed by atoms with Gasteiger partial charge in [-0.25, -0.2) is 0 Å². The summed E-state index contributed by atoms with van der Waals surface area (Å²) in [4.78, 5) is 28.7. The van der Waals surface area contributed by atoms with Crippen LogP contribution in [0.1, 0.15) is 49.0 Å². The molecule has 3 rings (SSSR count). The van der Waals surface area contributed by atoms with E-state index in [1.807, 2.05) is 30.0 Å². The van der Waals surface area contributed by atoms with Gasteiger partial charge in [0, 0.05) is 37.3 Å². The Kier molecular flexibility index (Phi) is 8.00. The third kappa shape index (κ3) is 5.82. The van der Waals surface area contributed by atoms with Crippen LogP contribution in [0.2, 0.25) is 0 Å². The van der Waals surface area contributed by atoms with Crippen molar-refractivity contribution in [2.45, 2.75) is 45.7 Å². The van der Waals surface area contributed by atoms with Gasteiger partial charge in [0.2, 0.25) is 0 Å². The molecule has 31 heavy (non-hydrogen) atoms. The van der Waals surface area contributed by atoms with E-state index in [2.05, 4.69) is 17.0 Å². The van der Waals surface area contributed by atoms with Gasteiger partial charge in [0.05, 0.1) is 11.5 Å². The number of nitro groups is 1. The number of benzene rings is 2. The molecule has 1 heterocycles. The van der Waals surface area contributed by atoms with E-state index < -0.39 is 4.92 Å². The average Bonchev–Trinajstić information content (AvgIpc) is 2.78. The molecule has 0 bridgehead atoms. The monoisotopic (exact) mass is 425 g/mol. The molecule has 1 atom stereocenters. The number of nitro benzene ring substituents is 1. The zero-order valence-corrected chi connectivity index (χ0v) is 18.3. The molecule has 1 aliphatic heterocycles. The standard InChI is InChI=1S/C24H31N3O4/c1-3-14-26(21-11-8-15-25(18-21)17-19-9-6-5-7-10-19)24(28)20-12-13-23(31-4-2)22(16-20)27(29)30/h5-7,9-10,12-13,16,21H,3-4,8,11,14-15,17-18H2,1-2H3. The molecule has 166 valence electrons. The van der Waals surface area contributed by atoms with Gasteiger partial charge in [0.1, 0.15) is 0 Å². The van der Waals surface area contributed by atoms with E-state index in [0.717, 1.165) is 38.9 Å². The number of likely N-dealkylation sites (tertiary alicyclic amines) is 1. The summed E-state index contributed by atoms with van der Waals surface area (Å²) in [6.45, 7) is 7.45. The number of piperidine rings is 1. The highest BCUT2D eigenvalue weighted by Crippen LogP contribution is 2.29. The highest BCUT2D eigenvalue weighted by atomic mass is 16.6. The second-order valence-corrected chi connectivity index (χ2v) is 7.89. The largest absolute Gasteiger partial charge is 0.487 e. The van der Waals surface area contributed by atoms with Crippen molar-refractivity contribution in [1.82, 2.24) is 9.80 Å². The fraction of sp³-hybridized carbons (Fsp3) is 0.458.